The molecule has 0 radical (unpaired) electrons. The molecule has 1 heterocycles. The van der Waals surface area contributed by atoms with Gasteiger partial charge in [-0.25, -0.2) is 0 Å². The van der Waals surface area contributed by atoms with E-state index in [1.807, 2.05) is 31.3 Å². The van der Waals surface area contributed by atoms with Crippen LogP contribution in [0.3, 0.4) is 0 Å². The lowest BCUT2D eigenvalue weighted by Gasteiger charge is -2.30. The number of ether oxygens (including phenoxy) is 2. The summed E-state index contributed by atoms with van der Waals surface area (Å²) in [5.41, 5.74) is 1.13. The molecule has 1 saturated heterocycles. The maximum Gasteiger partial charge on any atom is 0.100 e. The normalized spacial score (nSPS) is 23.0. The molecule has 3 nitrogen and oxygen atoms in total. The fourth-order valence-electron chi connectivity index (χ4n) is 1.97. The van der Waals surface area contributed by atoms with Gasteiger partial charge < -0.3 is 14.8 Å². The van der Waals surface area contributed by atoms with Crippen LogP contribution in [0.5, 0.6) is 0 Å². The monoisotopic (exact) mass is 241 g/mol. The summed E-state index contributed by atoms with van der Waals surface area (Å²) in [6, 6.07) is 7.95. The highest BCUT2D eigenvalue weighted by atomic mass is 35.5. The van der Waals surface area contributed by atoms with E-state index in [4.69, 9.17) is 21.1 Å². The van der Waals surface area contributed by atoms with Gasteiger partial charge in [-0.05, 0) is 24.7 Å². The molecule has 0 spiro atoms. The van der Waals surface area contributed by atoms with Crippen LogP contribution in [0, 0.1) is 0 Å². The van der Waals surface area contributed by atoms with Crippen molar-refractivity contribution in [1.29, 1.82) is 0 Å². The van der Waals surface area contributed by atoms with Crippen molar-refractivity contribution >= 4 is 11.6 Å². The molecule has 16 heavy (non-hydrogen) atoms. The van der Waals surface area contributed by atoms with Crippen LogP contribution in [0.1, 0.15) is 11.6 Å². The third-order valence-electron chi connectivity index (χ3n) is 2.73. The van der Waals surface area contributed by atoms with Crippen molar-refractivity contribution in [3.8, 4) is 0 Å². The molecule has 2 rings (SSSR count). The highest BCUT2D eigenvalue weighted by Crippen LogP contribution is 2.23. The molecule has 0 aromatic heterocycles. The zero-order valence-corrected chi connectivity index (χ0v) is 10.0. The molecule has 0 saturated carbocycles. The average Bonchev–Trinajstić information content (AvgIpc) is 2.31. The van der Waals surface area contributed by atoms with Crippen molar-refractivity contribution in [3.63, 3.8) is 0 Å². The smallest absolute Gasteiger partial charge is 0.100 e. The Kier molecular flexibility index (Phi) is 4.18. The lowest BCUT2D eigenvalue weighted by Crippen LogP contribution is -2.39. The second kappa shape index (κ2) is 5.64. The number of halogens is 1. The Labute approximate surface area is 101 Å². The molecule has 1 aliphatic rings. The molecule has 2 atom stereocenters. The van der Waals surface area contributed by atoms with Crippen LogP contribution in [0.4, 0.5) is 0 Å². The van der Waals surface area contributed by atoms with Gasteiger partial charge >= 0.3 is 0 Å². The van der Waals surface area contributed by atoms with Gasteiger partial charge in [0, 0.05) is 5.02 Å². The number of hydrogen-bond acceptors (Lipinski definition) is 3. The third-order valence-corrected chi connectivity index (χ3v) is 2.97. The lowest BCUT2D eigenvalue weighted by molar-refractivity contribution is -0.101. The van der Waals surface area contributed by atoms with E-state index >= 15 is 0 Å². The van der Waals surface area contributed by atoms with Gasteiger partial charge in [0.1, 0.15) is 6.10 Å². The zero-order valence-electron chi connectivity index (χ0n) is 9.28. The molecule has 1 aromatic rings. The first-order valence-corrected chi connectivity index (χ1v) is 5.81. The Morgan fingerprint density at radius 1 is 1.44 bits per heavy atom. The molecule has 0 bridgehead atoms. The van der Waals surface area contributed by atoms with E-state index in [1.54, 1.807) is 0 Å². The summed E-state index contributed by atoms with van der Waals surface area (Å²) in [6.07, 6.45) is 0.0530. The van der Waals surface area contributed by atoms with Gasteiger partial charge in [-0.2, -0.15) is 0 Å². The van der Waals surface area contributed by atoms with E-state index in [0.29, 0.717) is 19.8 Å². The van der Waals surface area contributed by atoms with Gasteiger partial charge in [-0.15, -0.1) is 0 Å². The molecule has 1 aliphatic heterocycles. The second-order valence-corrected chi connectivity index (χ2v) is 4.24. The average molecular weight is 242 g/mol. The van der Waals surface area contributed by atoms with E-state index in [2.05, 4.69) is 5.32 Å². The highest BCUT2D eigenvalue weighted by Gasteiger charge is 2.25. The van der Waals surface area contributed by atoms with Crippen molar-refractivity contribution < 1.29 is 9.47 Å². The van der Waals surface area contributed by atoms with Crippen LogP contribution < -0.4 is 5.32 Å². The summed E-state index contributed by atoms with van der Waals surface area (Å²) in [5, 5.41) is 4.00. The molecular weight excluding hydrogens is 226 g/mol. The second-order valence-electron chi connectivity index (χ2n) is 3.81. The topological polar surface area (TPSA) is 30.5 Å². The molecular formula is C12H16ClNO2. The van der Waals surface area contributed by atoms with Gasteiger partial charge in [0.05, 0.1) is 25.9 Å². The number of nitrogens with one attached hydrogen (secondary N) is 1. The van der Waals surface area contributed by atoms with E-state index < -0.39 is 0 Å². The summed E-state index contributed by atoms with van der Waals surface area (Å²) < 4.78 is 11.1. The van der Waals surface area contributed by atoms with Gasteiger partial charge in [-0.1, -0.05) is 23.7 Å². The lowest BCUT2D eigenvalue weighted by atomic mass is 10.0. The van der Waals surface area contributed by atoms with Gasteiger partial charge in [0.25, 0.3) is 0 Å². The molecule has 88 valence electrons. The first kappa shape index (κ1) is 11.9. The maximum atomic E-state index is 5.98. The number of benzene rings is 1. The zero-order chi connectivity index (χ0) is 11.4. The van der Waals surface area contributed by atoms with E-state index in [1.165, 1.54) is 0 Å². The van der Waals surface area contributed by atoms with Crippen LogP contribution >= 0.6 is 11.6 Å². The standard InChI is InChI=1S/C12H16ClNO2/c1-14-12(11-8-15-5-6-16-11)9-3-2-4-10(13)7-9/h2-4,7,11-12,14H,5-6,8H2,1H3. The Hall–Kier alpha value is -0.610. The third kappa shape index (κ3) is 2.74. The number of rotatable bonds is 3. The minimum absolute atomic E-state index is 0.0530. The Morgan fingerprint density at radius 3 is 2.94 bits per heavy atom. The molecule has 4 heteroatoms. The predicted octanol–water partition coefficient (Wildman–Crippen LogP) is 2.02. The molecule has 0 aliphatic carbocycles. The minimum Gasteiger partial charge on any atom is -0.376 e. The number of likely N-dealkylation sites (N-methyl/N-ethyl adjacent to an activating group) is 1. The molecule has 1 fully saturated rings. The molecule has 0 amide bonds. The summed E-state index contributed by atoms with van der Waals surface area (Å²) in [4.78, 5) is 0. The van der Waals surface area contributed by atoms with Gasteiger partial charge in [-0.3, -0.25) is 0 Å². The van der Waals surface area contributed by atoms with Gasteiger partial charge in [0.2, 0.25) is 0 Å². The quantitative estimate of drug-likeness (QED) is 0.878. The molecule has 1 aromatic carbocycles. The maximum absolute atomic E-state index is 5.98. The van der Waals surface area contributed by atoms with Crippen LogP contribution in [0.2, 0.25) is 5.02 Å². The van der Waals surface area contributed by atoms with Gasteiger partial charge in [0.15, 0.2) is 0 Å². The summed E-state index contributed by atoms with van der Waals surface area (Å²) >= 11 is 5.98. The first-order chi connectivity index (χ1) is 7.81. The Balaban J connectivity index is 2.14. The summed E-state index contributed by atoms with van der Waals surface area (Å²) in [6.45, 7) is 1.96. The number of hydrogen-bond donors (Lipinski definition) is 1. The first-order valence-electron chi connectivity index (χ1n) is 5.43. The van der Waals surface area contributed by atoms with Crippen molar-refractivity contribution in [2.75, 3.05) is 26.9 Å². The van der Waals surface area contributed by atoms with E-state index in [9.17, 15) is 0 Å². The van der Waals surface area contributed by atoms with Crippen molar-refractivity contribution in [3.05, 3.63) is 34.9 Å². The Morgan fingerprint density at radius 2 is 2.31 bits per heavy atom. The van der Waals surface area contributed by atoms with E-state index in [0.717, 1.165) is 10.6 Å². The van der Waals surface area contributed by atoms with Crippen LogP contribution in [-0.4, -0.2) is 33.0 Å². The predicted molar refractivity (Wildman–Crippen MR) is 63.8 cm³/mol. The van der Waals surface area contributed by atoms with Crippen LogP contribution in [0.15, 0.2) is 24.3 Å². The molecule has 1 N–H and O–H groups in total. The largest absolute Gasteiger partial charge is 0.376 e. The Bertz CT molecular complexity index is 340. The summed E-state index contributed by atoms with van der Waals surface area (Å²) in [5.74, 6) is 0. The van der Waals surface area contributed by atoms with Crippen molar-refractivity contribution in [2.24, 2.45) is 0 Å². The van der Waals surface area contributed by atoms with Crippen LogP contribution in [0.25, 0.3) is 0 Å². The highest BCUT2D eigenvalue weighted by molar-refractivity contribution is 6.30. The molecule has 2 unspecified atom stereocenters. The minimum atomic E-state index is 0.0530. The SMILES string of the molecule is CNC(c1cccc(Cl)c1)C1COCCO1. The van der Waals surface area contributed by atoms with E-state index in [-0.39, 0.29) is 12.1 Å². The van der Waals surface area contributed by atoms with Crippen LogP contribution in [-0.2, 0) is 9.47 Å². The fourth-order valence-corrected chi connectivity index (χ4v) is 2.16. The summed E-state index contributed by atoms with van der Waals surface area (Å²) in [7, 11) is 1.92. The van der Waals surface area contributed by atoms with Crippen molar-refractivity contribution in [2.45, 2.75) is 12.1 Å². The van der Waals surface area contributed by atoms with Crippen molar-refractivity contribution in [1.82, 2.24) is 5.32 Å². The fraction of sp³-hybridized carbons (Fsp3) is 0.500.